The fraction of sp³-hybridized carbons (Fsp3) is 0.200. The molecule has 1 aromatic heterocycles. The van der Waals surface area contributed by atoms with Crippen molar-refractivity contribution in [3.05, 3.63) is 24.0 Å². The number of aromatic amines is 1. The van der Waals surface area contributed by atoms with Crippen LogP contribution in [0.1, 0.15) is 5.56 Å². The van der Waals surface area contributed by atoms with Crippen LogP contribution in [-0.2, 0) is 6.67 Å². The van der Waals surface area contributed by atoms with Crippen LogP contribution in [0.3, 0.4) is 0 Å². The summed E-state index contributed by atoms with van der Waals surface area (Å²) in [6, 6.07) is 1.71. The first kappa shape index (κ1) is 4.37. The zero-order valence-corrected chi connectivity index (χ0v) is 3.82. The Morgan fingerprint density at radius 3 is 2.86 bits per heavy atom. The number of nitrogens with one attached hydrogen (secondary N) is 1. The number of hydrogen-bond donors (Lipinski definition) is 1. The average molecular weight is 99.1 g/mol. The maximum Gasteiger partial charge on any atom is 0.116 e. The van der Waals surface area contributed by atoms with Gasteiger partial charge in [-0.25, -0.2) is 4.39 Å². The van der Waals surface area contributed by atoms with Crippen LogP contribution in [0.25, 0.3) is 0 Å². The summed E-state index contributed by atoms with van der Waals surface area (Å²) in [6.45, 7) is -0.372. The lowest BCUT2D eigenvalue weighted by Gasteiger charge is -1.75. The molecule has 0 fully saturated rings. The van der Waals surface area contributed by atoms with Crippen LogP contribution >= 0.6 is 0 Å². The SMILES string of the molecule is FCc1cc[nH]c1. The van der Waals surface area contributed by atoms with Crippen molar-refractivity contribution in [3.8, 4) is 0 Å². The van der Waals surface area contributed by atoms with Gasteiger partial charge >= 0.3 is 0 Å². The quantitative estimate of drug-likeness (QED) is 0.549. The summed E-state index contributed by atoms with van der Waals surface area (Å²) in [7, 11) is 0. The van der Waals surface area contributed by atoms with Crippen molar-refractivity contribution in [2.75, 3.05) is 0 Å². The second-order valence-electron chi connectivity index (χ2n) is 1.35. The molecule has 0 spiro atoms. The van der Waals surface area contributed by atoms with E-state index in [1.807, 2.05) is 0 Å². The topological polar surface area (TPSA) is 15.8 Å². The fourth-order valence-electron chi connectivity index (χ4n) is 0.442. The standard InChI is InChI=1S/C5H6FN/c6-3-5-1-2-7-4-5/h1-2,4,7H,3H2. The van der Waals surface area contributed by atoms with Crippen LogP contribution in [0.2, 0.25) is 0 Å². The molecular formula is C5H6FN. The van der Waals surface area contributed by atoms with Gasteiger partial charge in [-0.05, 0) is 6.07 Å². The first-order valence-corrected chi connectivity index (χ1v) is 2.11. The lowest BCUT2D eigenvalue weighted by atomic mass is 10.4. The highest BCUT2D eigenvalue weighted by Gasteiger charge is 1.84. The fourth-order valence-corrected chi connectivity index (χ4v) is 0.442. The summed E-state index contributed by atoms with van der Waals surface area (Å²) in [5.41, 5.74) is 0.708. The molecular weight excluding hydrogens is 93.1 g/mol. The van der Waals surface area contributed by atoms with Crippen LogP contribution in [0, 0.1) is 0 Å². The lowest BCUT2D eigenvalue weighted by molar-refractivity contribution is 0.485. The lowest BCUT2D eigenvalue weighted by Crippen LogP contribution is -1.65. The van der Waals surface area contributed by atoms with Gasteiger partial charge in [0.25, 0.3) is 0 Å². The normalized spacial score (nSPS) is 9.29. The van der Waals surface area contributed by atoms with E-state index in [1.165, 1.54) is 0 Å². The summed E-state index contributed by atoms with van der Waals surface area (Å²) in [6.07, 6.45) is 3.34. The third-order valence-corrected chi connectivity index (χ3v) is 0.817. The van der Waals surface area contributed by atoms with Gasteiger partial charge in [-0.1, -0.05) is 0 Å². The van der Waals surface area contributed by atoms with Gasteiger partial charge < -0.3 is 4.98 Å². The van der Waals surface area contributed by atoms with Crippen LogP contribution < -0.4 is 0 Å². The van der Waals surface area contributed by atoms with Crippen molar-refractivity contribution < 1.29 is 4.39 Å². The molecule has 0 aliphatic heterocycles. The van der Waals surface area contributed by atoms with Gasteiger partial charge in [0, 0.05) is 18.0 Å². The number of aromatic nitrogens is 1. The third-order valence-electron chi connectivity index (χ3n) is 0.817. The molecule has 0 saturated carbocycles. The molecule has 0 saturated heterocycles. The Hall–Kier alpha value is -0.790. The Balaban J connectivity index is 2.76. The molecule has 2 heteroatoms. The van der Waals surface area contributed by atoms with E-state index in [2.05, 4.69) is 4.98 Å². The van der Waals surface area contributed by atoms with Gasteiger partial charge in [-0.2, -0.15) is 0 Å². The molecule has 0 bridgehead atoms. The molecule has 0 radical (unpaired) electrons. The highest BCUT2D eigenvalue weighted by molar-refractivity contribution is 5.05. The van der Waals surface area contributed by atoms with Gasteiger partial charge in [0.15, 0.2) is 0 Å². The third kappa shape index (κ3) is 0.796. The van der Waals surface area contributed by atoms with Gasteiger partial charge in [0.05, 0.1) is 0 Å². The van der Waals surface area contributed by atoms with E-state index in [9.17, 15) is 4.39 Å². The predicted molar refractivity (Wildman–Crippen MR) is 25.6 cm³/mol. The van der Waals surface area contributed by atoms with E-state index >= 15 is 0 Å². The zero-order chi connectivity index (χ0) is 5.11. The highest BCUT2D eigenvalue weighted by atomic mass is 19.1. The molecule has 0 aliphatic carbocycles. The zero-order valence-electron chi connectivity index (χ0n) is 3.82. The van der Waals surface area contributed by atoms with Crippen molar-refractivity contribution in [1.82, 2.24) is 4.98 Å². The van der Waals surface area contributed by atoms with Gasteiger partial charge in [0.2, 0.25) is 0 Å². The van der Waals surface area contributed by atoms with Crippen LogP contribution in [-0.4, -0.2) is 4.98 Å². The molecule has 0 aliphatic rings. The minimum Gasteiger partial charge on any atom is -0.367 e. The van der Waals surface area contributed by atoms with Gasteiger partial charge in [-0.15, -0.1) is 0 Å². The van der Waals surface area contributed by atoms with E-state index in [4.69, 9.17) is 0 Å². The van der Waals surface area contributed by atoms with E-state index in [0.717, 1.165) is 0 Å². The second-order valence-corrected chi connectivity index (χ2v) is 1.35. The largest absolute Gasteiger partial charge is 0.367 e. The van der Waals surface area contributed by atoms with Crippen LogP contribution in [0.15, 0.2) is 18.5 Å². The van der Waals surface area contributed by atoms with Crippen LogP contribution in [0.4, 0.5) is 4.39 Å². The van der Waals surface area contributed by atoms with Crippen molar-refractivity contribution in [1.29, 1.82) is 0 Å². The van der Waals surface area contributed by atoms with Crippen LogP contribution in [0.5, 0.6) is 0 Å². The number of hydrogen-bond acceptors (Lipinski definition) is 0. The Bertz CT molecular complexity index is 123. The summed E-state index contributed by atoms with van der Waals surface area (Å²) >= 11 is 0. The molecule has 1 nitrogen and oxygen atoms in total. The Morgan fingerprint density at radius 1 is 1.71 bits per heavy atom. The van der Waals surface area contributed by atoms with E-state index in [0.29, 0.717) is 5.56 Å². The second kappa shape index (κ2) is 1.78. The van der Waals surface area contributed by atoms with Gasteiger partial charge in [-0.3, -0.25) is 0 Å². The Morgan fingerprint density at radius 2 is 2.57 bits per heavy atom. The summed E-state index contributed by atoms with van der Waals surface area (Å²) in [5, 5.41) is 0. The van der Waals surface area contributed by atoms with Crippen molar-refractivity contribution in [2.24, 2.45) is 0 Å². The summed E-state index contributed by atoms with van der Waals surface area (Å²) in [5.74, 6) is 0. The number of halogens is 1. The molecule has 0 atom stereocenters. The van der Waals surface area contributed by atoms with E-state index in [1.54, 1.807) is 18.5 Å². The molecule has 0 aromatic carbocycles. The molecule has 7 heavy (non-hydrogen) atoms. The minimum absolute atomic E-state index is 0.372. The first-order valence-electron chi connectivity index (χ1n) is 2.11. The average Bonchev–Trinajstić information content (AvgIpc) is 2.14. The number of rotatable bonds is 1. The van der Waals surface area contributed by atoms with Gasteiger partial charge in [0.1, 0.15) is 6.67 Å². The van der Waals surface area contributed by atoms with E-state index < -0.39 is 0 Å². The molecule has 0 amide bonds. The minimum atomic E-state index is -0.372. The maximum absolute atomic E-state index is 11.5. The molecule has 1 N–H and O–H groups in total. The van der Waals surface area contributed by atoms with Crippen molar-refractivity contribution >= 4 is 0 Å². The number of H-pyrrole nitrogens is 1. The predicted octanol–water partition coefficient (Wildman–Crippen LogP) is 1.48. The summed E-state index contributed by atoms with van der Waals surface area (Å²) in [4.78, 5) is 2.74. The Kier molecular flexibility index (Phi) is 1.11. The smallest absolute Gasteiger partial charge is 0.116 e. The molecule has 38 valence electrons. The highest BCUT2D eigenvalue weighted by Crippen LogP contribution is 1.96. The Labute approximate surface area is 41.2 Å². The first-order chi connectivity index (χ1) is 3.43. The van der Waals surface area contributed by atoms with E-state index in [-0.39, 0.29) is 6.67 Å². The summed E-state index contributed by atoms with van der Waals surface area (Å²) < 4.78 is 11.5. The monoisotopic (exact) mass is 99.0 g/mol. The maximum atomic E-state index is 11.5. The molecule has 0 unspecified atom stereocenters. The number of alkyl halides is 1. The van der Waals surface area contributed by atoms with Crippen molar-refractivity contribution in [3.63, 3.8) is 0 Å². The molecule has 1 rings (SSSR count). The molecule has 1 heterocycles. The van der Waals surface area contributed by atoms with Crippen molar-refractivity contribution in [2.45, 2.75) is 6.67 Å². The molecule has 1 aromatic rings.